The lowest BCUT2D eigenvalue weighted by Crippen LogP contribution is -2.28. The normalized spacial score (nSPS) is 11.7. The fraction of sp³-hybridized carbons (Fsp3) is 0.294. The van der Waals surface area contributed by atoms with Crippen LogP contribution >= 0.6 is 11.6 Å². The van der Waals surface area contributed by atoms with Crippen molar-refractivity contribution in [1.82, 2.24) is 4.72 Å². The zero-order valence-corrected chi connectivity index (χ0v) is 14.7. The summed E-state index contributed by atoms with van der Waals surface area (Å²) in [5, 5.41) is 0.200. The van der Waals surface area contributed by atoms with E-state index in [0.29, 0.717) is 5.92 Å². The first kappa shape index (κ1) is 17.8. The van der Waals surface area contributed by atoms with Crippen LogP contribution in [0.3, 0.4) is 0 Å². The first-order chi connectivity index (χ1) is 10.9. The summed E-state index contributed by atoms with van der Waals surface area (Å²) in [6.07, 6.45) is 0. The second-order valence-corrected chi connectivity index (χ2v) is 7.55. The van der Waals surface area contributed by atoms with Gasteiger partial charge in [0, 0.05) is 6.54 Å². The standard InChI is InChI=1S/C17H20ClNO3S/c1-13(2)14-6-5-7-15(12-14)22-11-10-19-23(20,21)17-9-4-3-8-16(17)18/h3-9,12-13,19H,10-11H2,1-2H3. The van der Waals surface area contributed by atoms with Crippen LogP contribution in [0.4, 0.5) is 0 Å². The Morgan fingerprint density at radius 2 is 1.87 bits per heavy atom. The molecule has 0 heterocycles. The smallest absolute Gasteiger partial charge is 0.242 e. The third-order valence-corrected chi connectivity index (χ3v) is 5.27. The summed E-state index contributed by atoms with van der Waals surface area (Å²) in [7, 11) is -3.63. The van der Waals surface area contributed by atoms with Crippen LogP contribution in [0.1, 0.15) is 25.3 Å². The van der Waals surface area contributed by atoms with Crippen molar-refractivity contribution in [2.75, 3.05) is 13.2 Å². The van der Waals surface area contributed by atoms with Crippen LogP contribution in [0.25, 0.3) is 0 Å². The first-order valence-electron chi connectivity index (χ1n) is 7.37. The van der Waals surface area contributed by atoms with Crippen LogP contribution < -0.4 is 9.46 Å². The van der Waals surface area contributed by atoms with Crippen LogP contribution in [0.2, 0.25) is 5.02 Å². The molecule has 0 aliphatic rings. The van der Waals surface area contributed by atoms with Gasteiger partial charge in [-0.3, -0.25) is 0 Å². The molecule has 1 N–H and O–H groups in total. The van der Waals surface area contributed by atoms with E-state index in [1.807, 2.05) is 24.3 Å². The van der Waals surface area contributed by atoms with E-state index in [2.05, 4.69) is 18.6 Å². The molecule has 0 atom stereocenters. The molecule has 0 aromatic heterocycles. The lowest BCUT2D eigenvalue weighted by atomic mass is 10.0. The van der Waals surface area contributed by atoms with E-state index < -0.39 is 10.0 Å². The number of benzene rings is 2. The second-order valence-electron chi connectivity index (χ2n) is 5.40. The number of hydrogen-bond donors (Lipinski definition) is 1. The fourth-order valence-electron chi connectivity index (χ4n) is 2.05. The number of rotatable bonds is 7. The van der Waals surface area contributed by atoms with E-state index in [1.165, 1.54) is 11.6 Å². The summed E-state index contributed by atoms with van der Waals surface area (Å²) in [5.74, 6) is 1.14. The summed E-state index contributed by atoms with van der Waals surface area (Å²) < 4.78 is 32.4. The highest BCUT2D eigenvalue weighted by Crippen LogP contribution is 2.21. The number of ether oxygens (including phenoxy) is 1. The minimum absolute atomic E-state index is 0.0727. The molecule has 0 spiro atoms. The molecule has 0 amide bonds. The van der Waals surface area contributed by atoms with Crippen LogP contribution in [0, 0.1) is 0 Å². The van der Waals surface area contributed by atoms with Gasteiger partial charge in [-0.25, -0.2) is 13.1 Å². The summed E-state index contributed by atoms with van der Waals surface area (Å²) in [4.78, 5) is 0.0727. The van der Waals surface area contributed by atoms with Crippen molar-refractivity contribution in [3.63, 3.8) is 0 Å². The van der Waals surface area contributed by atoms with Crippen molar-refractivity contribution in [3.05, 3.63) is 59.1 Å². The molecule has 0 aliphatic heterocycles. The summed E-state index contributed by atoms with van der Waals surface area (Å²) >= 11 is 5.91. The fourth-order valence-corrected chi connectivity index (χ4v) is 3.58. The maximum absolute atomic E-state index is 12.2. The monoisotopic (exact) mass is 353 g/mol. The van der Waals surface area contributed by atoms with E-state index in [9.17, 15) is 8.42 Å². The second kappa shape index (κ2) is 7.81. The minimum Gasteiger partial charge on any atom is -0.492 e. The van der Waals surface area contributed by atoms with Crippen molar-refractivity contribution < 1.29 is 13.2 Å². The lowest BCUT2D eigenvalue weighted by molar-refractivity contribution is 0.322. The Hall–Kier alpha value is -1.56. The third kappa shape index (κ3) is 4.96. The molecule has 6 heteroatoms. The van der Waals surface area contributed by atoms with Crippen LogP contribution in [-0.4, -0.2) is 21.6 Å². The van der Waals surface area contributed by atoms with Crippen molar-refractivity contribution >= 4 is 21.6 Å². The van der Waals surface area contributed by atoms with Gasteiger partial charge < -0.3 is 4.74 Å². The summed E-state index contributed by atoms with van der Waals surface area (Å²) in [6, 6.07) is 14.1. The molecule has 0 saturated carbocycles. The number of hydrogen-bond acceptors (Lipinski definition) is 3. The SMILES string of the molecule is CC(C)c1cccc(OCCNS(=O)(=O)c2ccccc2Cl)c1. The molecule has 0 saturated heterocycles. The Bertz CT molecular complexity index is 760. The van der Waals surface area contributed by atoms with Gasteiger partial charge in [-0.05, 0) is 35.7 Å². The molecule has 4 nitrogen and oxygen atoms in total. The zero-order valence-electron chi connectivity index (χ0n) is 13.1. The van der Waals surface area contributed by atoms with Crippen LogP contribution in [-0.2, 0) is 10.0 Å². The van der Waals surface area contributed by atoms with E-state index in [1.54, 1.807) is 18.2 Å². The van der Waals surface area contributed by atoms with E-state index in [0.717, 1.165) is 5.75 Å². The quantitative estimate of drug-likeness (QED) is 0.770. The Kier molecular flexibility index (Phi) is 6.04. The minimum atomic E-state index is -3.63. The van der Waals surface area contributed by atoms with E-state index in [-0.39, 0.29) is 23.1 Å². The molecule has 2 rings (SSSR count). The Morgan fingerprint density at radius 1 is 1.13 bits per heavy atom. The summed E-state index contributed by atoms with van der Waals surface area (Å²) in [5.41, 5.74) is 1.18. The maximum Gasteiger partial charge on any atom is 0.242 e. The van der Waals surface area contributed by atoms with Crippen molar-refractivity contribution in [3.8, 4) is 5.75 Å². The molecular weight excluding hydrogens is 334 g/mol. The van der Waals surface area contributed by atoms with Gasteiger partial charge in [0.25, 0.3) is 0 Å². The molecule has 0 aliphatic carbocycles. The molecule has 23 heavy (non-hydrogen) atoms. The third-order valence-electron chi connectivity index (χ3n) is 3.31. The largest absolute Gasteiger partial charge is 0.492 e. The van der Waals surface area contributed by atoms with Crippen molar-refractivity contribution in [1.29, 1.82) is 0 Å². The highest BCUT2D eigenvalue weighted by molar-refractivity contribution is 7.89. The number of halogens is 1. The molecule has 2 aromatic rings. The van der Waals surface area contributed by atoms with E-state index >= 15 is 0 Å². The van der Waals surface area contributed by atoms with Gasteiger partial charge >= 0.3 is 0 Å². The van der Waals surface area contributed by atoms with Gasteiger partial charge in [-0.15, -0.1) is 0 Å². The highest BCUT2D eigenvalue weighted by atomic mass is 35.5. The predicted octanol–water partition coefficient (Wildman–Crippen LogP) is 3.82. The van der Waals surface area contributed by atoms with Gasteiger partial charge in [0.15, 0.2) is 0 Å². The zero-order chi connectivity index (χ0) is 16.9. The Labute approximate surface area is 142 Å². The summed E-state index contributed by atoms with van der Waals surface area (Å²) in [6.45, 7) is 4.62. The topological polar surface area (TPSA) is 55.4 Å². The predicted molar refractivity (Wildman–Crippen MR) is 92.7 cm³/mol. The molecule has 124 valence electrons. The molecule has 2 aromatic carbocycles. The van der Waals surface area contributed by atoms with E-state index in [4.69, 9.17) is 16.3 Å². The van der Waals surface area contributed by atoms with Gasteiger partial charge in [0.05, 0.1) is 5.02 Å². The highest BCUT2D eigenvalue weighted by Gasteiger charge is 2.16. The van der Waals surface area contributed by atoms with Crippen molar-refractivity contribution in [2.24, 2.45) is 0 Å². The van der Waals surface area contributed by atoms with Crippen LogP contribution in [0.5, 0.6) is 5.75 Å². The molecule has 0 unspecified atom stereocenters. The van der Waals surface area contributed by atoms with Gasteiger partial charge in [-0.1, -0.05) is 49.7 Å². The molecule has 0 fully saturated rings. The first-order valence-corrected chi connectivity index (χ1v) is 9.23. The van der Waals surface area contributed by atoms with Gasteiger partial charge in [0.1, 0.15) is 17.3 Å². The average molecular weight is 354 g/mol. The lowest BCUT2D eigenvalue weighted by Gasteiger charge is -2.11. The Morgan fingerprint density at radius 3 is 2.57 bits per heavy atom. The Balaban J connectivity index is 1.90. The molecule has 0 radical (unpaired) electrons. The average Bonchev–Trinajstić information content (AvgIpc) is 2.52. The van der Waals surface area contributed by atoms with Crippen molar-refractivity contribution in [2.45, 2.75) is 24.7 Å². The molecule has 0 bridgehead atoms. The number of nitrogens with one attached hydrogen (secondary N) is 1. The van der Waals surface area contributed by atoms with Gasteiger partial charge in [-0.2, -0.15) is 0 Å². The molecular formula is C17H20ClNO3S. The maximum atomic E-state index is 12.2. The van der Waals surface area contributed by atoms with Crippen LogP contribution in [0.15, 0.2) is 53.4 Å². The number of sulfonamides is 1. The van der Waals surface area contributed by atoms with Gasteiger partial charge in [0.2, 0.25) is 10.0 Å².